The van der Waals surface area contributed by atoms with Crippen LogP contribution in [-0.4, -0.2) is 77.9 Å². The van der Waals surface area contributed by atoms with Crippen LogP contribution in [0, 0.1) is 6.92 Å². The Morgan fingerprint density at radius 2 is 1.82 bits per heavy atom. The maximum absolute atomic E-state index is 13.9. The van der Waals surface area contributed by atoms with Crippen molar-refractivity contribution in [3.8, 4) is 0 Å². The number of carbonyl (C=O) groups excluding carboxylic acids is 2. The molecule has 2 aliphatic rings. The smallest absolute Gasteiger partial charge is 0.264 e. The normalized spacial score (nSPS) is 20.1. The summed E-state index contributed by atoms with van der Waals surface area (Å²) in [4.78, 5) is 34.6. The maximum Gasteiger partial charge on any atom is 0.264 e. The number of hydrogen-bond acceptors (Lipinski definition) is 5. The minimum atomic E-state index is -0.427. The molecule has 2 unspecified atom stereocenters. The van der Waals surface area contributed by atoms with Gasteiger partial charge in [-0.1, -0.05) is 60.7 Å². The molecule has 0 bridgehead atoms. The first-order chi connectivity index (χ1) is 18.6. The molecule has 38 heavy (non-hydrogen) atoms. The number of aryl methyl sites for hydroxylation is 1. The summed E-state index contributed by atoms with van der Waals surface area (Å²) in [6, 6.07) is 22.6. The Kier molecular flexibility index (Phi) is 8.89. The number of nitrogens with zero attached hydrogens (tertiary/aromatic N) is 3. The van der Waals surface area contributed by atoms with Gasteiger partial charge < -0.3 is 15.1 Å². The predicted molar refractivity (Wildman–Crippen MR) is 153 cm³/mol. The van der Waals surface area contributed by atoms with E-state index in [9.17, 15) is 9.59 Å². The molecule has 2 amide bonds. The molecule has 2 saturated heterocycles. The van der Waals surface area contributed by atoms with Crippen molar-refractivity contribution in [2.24, 2.45) is 0 Å². The number of rotatable bonds is 8. The van der Waals surface area contributed by atoms with E-state index < -0.39 is 6.04 Å². The number of likely N-dealkylation sites (tertiary alicyclic amines) is 1. The summed E-state index contributed by atoms with van der Waals surface area (Å²) in [5.74, 6) is 0.0766. The van der Waals surface area contributed by atoms with Crippen molar-refractivity contribution in [1.29, 1.82) is 0 Å². The van der Waals surface area contributed by atoms with Gasteiger partial charge in [0.15, 0.2) is 0 Å². The van der Waals surface area contributed by atoms with Crippen LogP contribution < -0.4 is 5.32 Å². The van der Waals surface area contributed by atoms with Crippen molar-refractivity contribution in [2.45, 2.75) is 44.8 Å². The summed E-state index contributed by atoms with van der Waals surface area (Å²) in [6.45, 7) is 7.58. The lowest BCUT2D eigenvalue weighted by Crippen LogP contribution is -2.48. The van der Waals surface area contributed by atoms with E-state index in [-0.39, 0.29) is 17.9 Å². The Balaban J connectivity index is 1.41. The molecule has 3 aromatic rings. The molecule has 1 aromatic heterocycles. The Bertz CT molecular complexity index is 1190. The van der Waals surface area contributed by atoms with Crippen LogP contribution in [-0.2, 0) is 17.8 Å². The summed E-state index contributed by atoms with van der Waals surface area (Å²) >= 11 is 1.45. The highest BCUT2D eigenvalue weighted by Gasteiger charge is 2.43. The SMILES string of the molecule is Cc1ccccc1CN(CCc1ccccc1)C1CC(C(=O)N2CCCNCC2)N(C(=O)c2cccs2)C1. The molecule has 5 rings (SSSR count). The van der Waals surface area contributed by atoms with Gasteiger partial charge in [0, 0.05) is 45.3 Å². The molecule has 0 saturated carbocycles. The average Bonchev–Trinajstić information content (AvgIpc) is 3.57. The zero-order valence-electron chi connectivity index (χ0n) is 22.2. The second-order valence-corrected chi connectivity index (χ2v) is 11.3. The van der Waals surface area contributed by atoms with Crippen molar-refractivity contribution in [3.63, 3.8) is 0 Å². The topological polar surface area (TPSA) is 55.9 Å². The van der Waals surface area contributed by atoms with Gasteiger partial charge in [-0.25, -0.2) is 0 Å². The van der Waals surface area contributed by atoms with E-state index in [1.807, 2.05) is 33.4 Å². The fraction of sp³-hybridized carbons (Fsp3) is 0.419. The van der Waals surface area contributed by atoms with Crippen LogP contribution in [0.5, 0.6) is 0 Å². The molecule has 7 heteroatoms. The van der Waals surface area contributed by atoms with E-state index in [2.05, 4.69) is 65.7 Å². The lowest BCUT2D eigenvalue weighted by atomic mass is 10.0. The molecule has 2 atom stereocenters. The Hall–Kier alpha value is -3.00. The van der Waals surface area contributed by atoms with Crippen LogP contribution in [0.2, 0.25) is 0 Å². The van der Waals surface area contributed by atoms with Crippen LogP contribution in [0.4, 0.5) is 0 Å². The number of amides is 2. The Morgan fingerprint density at radius 1 is 1.00 bits per heavy atom. The maximum atomic E-state index is 13.9. The van der Waals surface area contributed by atoms with Gasteiger partial charge in [0.2, 0.25) is 5.91 Å². The highest BCUT2D eigenvalue weighted by atomic mass is 32.1. The van der Waals surface area contributed by atoms with Gasteiger partial charge in [0.05, 0.1) is 4.88 Å². The number of nitrogens with one attached hydrogen (secondary N) is 1. The average molecular weight is 531 g/mol. The predicted octanol–water partition coefficient (Wildman–Crippen LogP) is 4.21. The summed E-state index contributed by atoms with van der Waals surface area (Å²) in [6.07, 6.45) is 2.54. The van der Waals surface area contributed by atoms with E-state index >= 15 is 0 Å². The quantitative estimate of drug-likeness (QED) is 0.474. The number of carbonyl (C=O) groups is 2. The third-order valence-corrected chi connectivity index (χ3v) is 8.75. The first-order valence-corrected chi connectivity index (χ1v) is 14.6. The third kappa shape index (κ3) is 6.34. The fourth-order valence-corrected chi connectivity index (χ4v) is 6.35. The van der Waals surface area contributed by atoms with Gasteiger partial charge in [0.1, 0.15) is 6.04 Å². The minimum absolute atomic E-state index is 0.0207. The van der Waals surface area contributed by atoms with Crippen molar-refractivity contribution in [3.05, 3.63) is 93.7 Å². The van der Waals surface area contributed by atoms with Gasteiger partial charge in [-0.2, -0.15) is 0 Å². The Labute approximate surface area is 230 Å². The van der Waals surface area contributed by atoms with Gasteiger partial charge in [-0.3, -0.25) is 14.5 Å². The zero-order valence-corrected chi connectivity index (χ0v) is 23.0. The van der Waals surface area contributed by atoms with Crippen LogP contribution in [0.15, 0.2) is 72.1 Å². The molecule has 2 fully saturated rings. The number of thiophene rings is 1. The van der Waals surface area contributed by atoms with Crippen molar-refractivity contribution >= 4 is 23.2 Å². The van der Waals surface area contributed by atoms with E-state index in [4.69, 9.17) is 0 Å². The summed E-state index contributed by atoms with van der Waals surface area (Å²) < 4.78 is 0. The van der Waals surface area contributed by atoms with Crippen LogP contribution in [0.1, 0.15) is 39.2 Å². The minimum Gasteiger partial charge on any atom is -0.340 e. The van der Waals surface area contributed by atoms with E-state index in [0.717, 1.165) is 45.6 Å². The van der Waals surface area contributed by atoms with Crippen molar-refractivity contribution in [1.82, 2.24) is 20.0 Å². The first-order valence-electron chi connectivity index (χ1n) is 13.8. The van der Waals surface area contributed by atoms with Crippen LogP contribution in [0.25, 0.3) is 0 Å². The molecule has 6 nitrogen and oxygen atoms in total. The standard InChI is InChI=1S/C31H38N4O2S/c1-24-9-5-6-12-26(24)22-34(18-14-25-10-3-2-4-11-25)27-21-28(30(36)33-17-8-15-32-16-19-33)35(23-27)31(37)29-13-7-20-38-29/h2-7,9-13,20,27-28,32H,8,14-19,21-23H2,1H3. The van der Waals surface area contributed by atoms with E-state index in [1.54, 1.807) is 0 Å². The molecule has 0 aliphatic carbocycles. The summed E-state index contributed by atoms with van der Waals surface area (Å²) in [5.41, 5.74) is 3.87. The van der Waals surface area contributed by atoms with Gasteiger partial charge in [-0.05, 0) is 60.9 Å². The number of hydrogen-bond donors (Lipinski definition) is 1. The van der Waals surface area contributed by atoms with Crippen molar-refractivity contribution < 1.29 is 9.59 Å². The monoisotopic (exact) mass is 530 g/mol. The molecule has 0 radical (unpaired) electrons. The molecular formula is C31H38N4O2S. The van der Waals surface area contributed by atoms with Gasteiger partial charge >= 0.3 is 0 Å². The number of benzene rings is 2. The highest BCUT2D eigenvalue weighted by molar-refractivity contribution is 7.12. The molecule has 1 N–H and O–H groups in total. The van der Waals surface area contributed by atoms with Gasteiger partial charge in [-0.15, -0.1) is 11.3 Å². The largest absolute Gasteiger partial charge is 0.340 e. The second kappa shape index (κ2) is 12.7. The molecule has 2 aromatic carbocycles. The Morgan fingerprint density at radius 3 is 2.61 bits per heavy atom. The summed E-state index contributed by atoms with van der Waals surface area (Å²) in [5, 5.41) is 5.32. The highest BCUT2D eigenvalue weighted by Crippen LogP contribution is 2.29. The van der Waals surface area contributed by atoms with Crippen LogP contribution in [0.3, 0.4) is 0 Å². The van der Waals surface area contributed by atoms with Gasteiger partial charge in [0.25, 0.3) is 5.91 Å². The molecule has 0 spiro atoms. The first kappa shape index (κ1) is 26.6. The second-order valence-electron chi connectivity index (χ2n) is 10.4. The fourth-order valence-electron chi connectivity index (χ4n) is 5.67. The van der Waals surface area contributed by atoms with E-state index in [0.29, 0.717) is 24.4 Å². The van der Waals surface area contributed by atoms with Crippen LogP contribution >= 0.6 is 11.3 Å². The molecule has 2 aliphatic heterocycles. The lowest BCUT2D eigenvalue weighted by molar-refractivity contribution is -0.135. The summed E-state index contributed by atoms with van der Waals surface area (Å²) in [7, 11) is 0. The molecule has 200 valence electrons. The third-order valence-electron chi connectivity index (χ3n) is 7.89. The molecule has 3 heterocycles. The zero-order chi connectivity index (χ0) is 26.3. The lowest BCUT2D eigenvalue weighted by Gasteiger charge is -2.29. The molecular weight excluding hydrogens is 492 g/mol. The van der Waals surface area contributed by atoms with E-state index in [1.165, 1.54) is 28.0 Å². The van der Waals surface area contributed by atoms with Crippen molar-refractivity contribution in [2.75, 3.05) is 39.3 Å².